The van der Waals surface area contributed by atoms with Crippen LogP contribution in [-0.2, 0) is 0 Å². The summed E-state index contributed by atoms with van der Waals surface area (Å²) < 4.78 is 13.6. The number of carbonyl (C=O) groups is 1. The highest BCUT2D eigenvalue weighted by molar-refractivity contribution is 5.88. The average Bonchev–Trinajstić information content (AvgIpc) is 2.41. The summed E-state index contributed by atoms with van der Waals surface area (Å²) in [7, 11) is 0. The first-order valence-electron chi connectivity index (χ1n) is 5.26. The lowest BCUT2D eigenvalue weighted by molar-refractivity contribution is 0.0697. The Bertz CT molecular complexity index is 680. The van der Waals surface area contributed by atoms with Gasteiger partial charge in [-0.05, 0) is 30.3 Å². The summed E-state index contributed by atoms with van der Waals surface area (Å²) in [6.07, 6.45) is 1.31. The van der Waals surface area contributed by atoms with Crippen LogP contribution in [0.1, 0.15) is 15.9 Å². The summed E-state index contributed by atoms with van der Waals surface area (Å²) in [5, 5.41) is 20.1. The Hall–Kier alpha value is -2.94. The maximum Gasteiger partial charge on any atom is 0.335 e. The Morgan fingerprint density at radius 2 is 2.16 bits per heavy atom. The van der Waals surface area contributed by atoms with E-state index < -0.39 is 11.8 Å². The number of nitrogens with zero attached hydrogens (tertiary/aromatic N) is 2. The largest absolute Gasteiger partial charge is 0.478 e. The molecule has 0 aliphatic carbocycles. The van der Waals surface area contributed by atoms with E-state index in [1.54, 1.807) is 0 Å². The zero-order chi connectivity index (χ0) is 13.8. The molecule has 5 nitrogen and oxygen atoms in total. The number of carboxylic acids is 1. The van der Waals surface area contributed by atoms with Crippen molar-refractivity contribution in [3.05, 3.63) is 53.5 Å². The second-order valence-corrected chi connectivity index (χ2v) is 3.67. The monoisotopic (exact) mass is 257 g/mol. The van der Waals surface area contributed by atoms with E-state index >= 15 is 0 Å². The van der Waals surface area contributed by atoms with E-state index in [0.717, 1.165) is 6.07 Å². The van der Waals surface area contributed by atoms with Gasteiger partial charge in [-0.25, -0.2) is 14.2 Å². The number of halogens is 1. The van der Waals surface area contributed by atoms with Crippen molar-refractivity contribution in [2.75, 3.05) is 5.32 Å². The van der Waals surface area contributed by atoms with E-state index in [0.29, 0.717) is 0 Å². The van der Waals surface area contributed by atoms with E-state index in [-0.39, 0.29) is 22.6 Å². The fraction of sp³-hybridized carbons (Fsp3) is 0. The number of nitrogens with one attached hydrogen (secondary N) is 1. The highest BCUT2D eigenvalue weighted by atomic mass is 19.1. The van der Waals surface area contributed by atoms with Crippen molar-refractivity contribution in [1.29, 1.82) is 5.26 Å². The van der Waals surface area contributed by atoms with Gasteiger partial charge in [0.15, 0.2) is 0 Å². The van der Waals surface area contributed by atoms with Gasteiger partial charge in [0, 0.05) is 6.20 Å². The zero-order valence-electron chi connectivity index (χ0n) is 9.59. The molecule has 0 amide bonds. The molecular formula is C13H8FN3O2. The van der Waals surface area contributed by atoms with E-state index in [4.69, 9.17) is 10.4 Å². The molecule has 0 spiro atoms. The van der Waals surface area contributed by atoms with Gasteiger partial charge in [-0.2, -0.15) is 5.26 Å². The Morgan fingerprint density at radius 3 is 2.79 bits per heavy atom. The number of pyridine rings is 1. The second kappa shape index (κ2) is 5.14. The number of aromatic carboxylic acids is 1. The zero-order valence-corrected chi connectivity index (χ0v) is 9.59. The van der Waals surface area contributed by atoms with E-state index in [9.17, 15) is 9.18 Å². The number of carboxylic acid groups (broad SMARTS) is 1. The SMILES string of the molecule is N#Cc1ccc(Nc2cc(C(=O)O)ccn2)c(F)c1. The van der Waals surface area contributed by atoms with Crippen molar-refractivity contribution < 1.29 is 14.3 Å². The maximum absolute atomic E-state index is 13.6. The fourth-order valence-corrected chi connectivity index (χ4v) is 1.46. The second-order valence-electron chi connectivity index (χ2n) is 3.67. The molecule has 0 saturated carbocycles. The van der Waals surface area contributed by atoms with Crippen LogP contribution in [0.3, 0.4) is 0 Å². The molecule has 2 rings (SSSR count). The van der Waals surface area contributed by atoms with Gasteiger partial charge < -0.3 is 10.4 Å². The number of hydrogen-bond donors (Lipinski definition) is 2. The summed E-state index contributed by atoms with van der Waals surface area (Å²) in [5.41, 5.74) is 0.371. The smallest absolute Gasteiger partial charge is 0.335 e. The molecule has 6 heteroatoms. The minimum absolute atomic E-state index is 0.0477. The predicted octanol–water partition coefficient (Wildman–Crippen LogP) is 2.53. The topological polar surface area (TPSA) is 86.0 Å². The molecule has 94 valence electrons. The fourth-order valence-electron chi connectivity index (χ4n) is 1.46. The van der Waals surface area contributed by atoms with Crippen molar-refractivity contribution >= 4 is 17.5 Å². The first-order chi connectivity index (χ1) is 9.10. The summed E-state index contributed by atoms with van der Waals surface area (Å²) in [6, 6.07) is 8.38. The number of hydrogen-bond acceptors (Lipinski definition) is 4. The predicted molar refractivity (Wildman–Crippen MR) is 65.6 cm³/mol. The Labute approximate surface area is 108 Å². The van der Waals surface area contributed by atoms with Gasteiger partial charge in [0.05, 0.1) is 22.9 Å². The normalized spacial score (nSPS) is 9.68. The van der Waals surface area contributed by atoms with E-state index in [1.807, 2.05) is 6.07 Å². The standard InChI is InChI=1S/C13H8FN3O2/c14-10-5-8(7-15)1-2-11(10)17-12-6-9(13(18)19)3-4-16-12/h1-6H,(H,16,17)(H,18,19). The quantitative estimate of drug-likeness (QED) is 0.882. The van der Waals surface area contributed by atoms with Crippen LogP contribution in [0.15, 0.2) is 36.5 Å². The Kier molecular flexibility index (Phi) is 3.39. The average molecular weight is 257 g/mol. The van der Waals surface area contributed by atoms with Gasteiger partial charge in [-0.15, -0.1) is 0 Å². The Morgan fingerprint density at radius 1 is 1.37 bits per heavy atom. The molecule has 0 unspecified atom stereocenters. The van der Waals surface area contributed by atoms with Gasteiger partial charge in [0.1, 0.15) is 11.6 Å². The van der Waals surface area contributed by atoms with Crippen LogP contribution in [0.5, 0.6) is 0 Å². The molecule has 0 fully saturated rings. The van der Waals surface area contributed by atoms with Crippen LogP contribution >= 0.6 is 0 Å². The van der Waals surface area contributed by atoms with Crippen LogP contribution in [0.25, 0.3) is 0 Å². The van der Waals surface area contributed by atoms with Gasteiger partial charge >= 0.3 is 5.97 Å². The lowest BCUT2D eigenvalue weighted by Crippen LogP contribution is -2.01. The van der Waals surface area contributed by atoms with Gasteiger partial charge in [0.25, 0.3) is 0 Å². The number of nitriles is 1. The molecule has 0 saturated heterocycles. The molecular weight excluding hydrogens is 249 g/mol. The summed E-state index contributed by atoms with van der Waals surface area (Å²) in [5.74, 6) is -1.49. The van der Waals surface area contributed by atoms with Crippen molar-refractivity contribution in [2.24, 2.45) is 0 Å². The third-order valence-electron chi connectivity index (χ3n) is 2.37. The van der Waals surface area contributed by atoms with Crippen LogP contribution in [0.4, 0.5) is 15.9 Å². The van der Waals surface area contributed by atoms with Crippen molar-refractivity contribution in [3.8, 4) is 6.07 Å². The molecule has 1 aromatic carbocycles. The molecule has 19 heavy (non-hydrogen) atoms. The van der Waals surface area contributed by atoms with E-state index in [2.05, 4.69) is 10.3 Å². The van der Waals surface area contributed by atoms with Crippen molar-refractivity contribution in [2.45, 2.75) is 0 Å². The highest BCUT2D eigenvalue weighted by Gasteiger charge is 2.07. The molecule has 0 bridgehead atoms. The third-order valence-corrected chi connectivity index (χ3v) is 2.37. The van der Waals surface area contributed by atoms with Crippen molar-refractivity contribution in [1.82, 2.24) is 4.98 Å². The number of benzene rings is 1. The first kappa shape index (κ1) is 12.5. The Balaban J connectivity index is 2.29. The maximum atomic E-state index is 13.6. The van der Waals surface area contributed by atoms with Gasteiger partial charge in [0.2, 0.25) is 0 Å². The van der Waals surface area contributed by atoms with Crippen LogP contribution in [0.2, 0.25) is 0 Å². The molecule has 0 radical (unpaired) electrons. The highest BCUT2D eigenvalue weighted by Crippen LogP contribution is 2.20. The van der Waals surface area contributed by atoms with Crippen molar-refractivity contribution in [3.63, 3.8) is 0 Å². The minimum Gasteiger partial charge on any atom is -0.478 e. The van der Waals surface area contributed by atoms with Crippen LogP contribution < -0.4 is 5.32 Å². The number of rotatable bonds is 3. The molecule has 2 N–H and O–H groups in total. The number of aromatic nitrogens is 1. The summed E-state index contributed by atoms with van der Waals surface area (Å²) >= 11 is 0. The molecule has 0 aliphatic rings. The lowest BCUT2D eigenvalue weighted by Gasteiger charge is -2.07. The molecule has 1 aromatic heterocycles. The first-order valence-corrected chi connectivity index (χ1v) is 5.26. The summed E-state index contributed by atoms with van der Waals surface area (Å²) in [4.78, 5) is 14.7. The van der Waals surface area contributed by atoms with Gasteiger partial charge in [-0.1, -0.05) is 0 Å². The van der Waals surface area contributed by atoms with Gasteiger partial charge in [-0.3, -0.25) is 0 Å². The van der Waals surface area contributed by atoms with Crippen LogP contribution in [0, 0.1) is 17.1 Å². The lowest BCUT2D eigenvalue weighted by atomic mass is 10.2. The van der Waals surface area contributed by atoms with Crippen LogP contribution in [-0.4, -0.2) is 16.1 Å². The van der Waals surface area contributed by atoms with E-state index in [1.165, 1.54) is 30.5 Å². The minimum atomic E-state index is -1.09. The molecule has 0 aliphatic heterocycles. The molecule has 0 atom stereocenters. The third kappa shape index (κ3) is 2.84. The molecule has 2 aromatic rings. The molecule has 1 heterocycles. The summed E-state index contributed by atoms with van der Waals surface area (Å²) in [6.45, 7) is 0. The number of anilines is 2.